The maximum atomic E-state index is 4.15. The van der Waals surface area contributed by atoms with E-state index in [0.29, 0.717) is 5.54 Å². The van der Waals surface area contributed by atoms with E-state index in [9.17, 15) is 0 Å². The summed E-state index contributed by atoms with van der Waals surface area (Å²) in [5, 5.41) is 18.6. The van der Waals surface area contributed by atoms with Gasteiger partial charge in [-0.1, -0.05) is 30.4 Å². The molecule has 0 radical (unpaired) electrons. The molecule has 14 nitrogen and oxygen atoms in total. The smallest absolute Gasteiger partial charge is 0.0802 e. The number of azo groups is 1. The standard InChI is InChI=1S/C7H13N.C6H11N.C5H9N.3C5H7N.3C4H6N2.C3H4N2/c1-7(2)5-4-6-8(7)3;1-6-4-3-5-7(6)2;4*1-5-3-2-4-6-5;3*1-6-4-2-3-5-6;1-2-4-5-3-1/h4,6H,5H2,1-3H3;4H,3,5H2,1-2H3;2-4H2,1H3;3-4H,2H2,1H3;2*2-3H,4H2,1H3;3*2-4H,1H3;1-2H,3H2. The van der Waals surface area contributed by atoms with Gasteiger partial charge in [0.1, 0.15) is 0 Å². The van der Waals surface area contributed by atoms with Crippen molar-refractivity contribution in [3.63, 3.8) is 0 Å². The van der Waals surface area contributed by atoms with Crippen molar-refractivity contribution in [1.29, 1.82) is 0 Å². The predicted octanol–water partition coefficient (Wildman–Crippen LogP) is 9.71. The molecule has 3 aromatic heterocycles. The van der Waals surface area contributed by atoms with Gasteiger partial charge >= 0.3 is 0 Å². The average molecular weight is 849 g/mol. The summed E-state index contributed by atoms with van der Waals surface area (Å²) in [6, 6.07) is 5.67. The second-order valence-electron chi connectivity index (χ2n) is 15.3. The van der Waals surface area contributed by atoms with Crippen LogP contribution in [-0.4, -0.2) is 115 Å². The molecule has 0 unspecified atom stereocenters. The molecule has 0 spiro atoms. The highest BCUT2D eigenvalue weighted by Crippen LogP contribution is 2.23. The second kappa shape index (κ2) is 33.6. The minimum absolute atomic E-state index is 0.375. The number of aryl methyl sites for hydroxylation is 3. The van der Waals surface area contributed by atoms with Gasteiger partial charge in [-0.05, 0) is 117 Å². The Kier molecular flexibility index (Phi) is 29.3. The molecule has 0 aromatic carbocycles. The molecule has 338 valence electrons. The molecular formula is C48H76N14. The molecular weight excluding hydrogens is 773 g/mol. The van der Waals surface area contributed by atoms with Gasteiger partial charge in [-0.15, -0.1) is 0 Å². The van der Waals surface area contributed by atoms with E-state index < -0.39 is 0 Å². The van der Waals surface area contributed by atoms with Crippen LogP contribution in [0.5, 0.6) is 0 Å². The van der Waals surface area contributed by atoms with E-state index in [0.717, 1.165) is 49.7 Å². The van der Waals surface area contributed by atoms with Gasteiger partial charge in [0, 0.05) is 138 Å². The van der Waals surface area contributed by atoms with Crippen LogP contribution in [0.25, 0.3) is 0 Å². The Hall–Kier alpha value is -6.05. The largest absolute Gasteiger partial charge is 0.378 e. The van der Waals surface area contributed by atoms with E-state index in [1.165, 1.54) is 43.6 Å². The van der Waals surface area contributed by atoms with E-state index in [4.69, 9.17) is 0 Å². The Morgan fingerprint density at radius 1 is 0.645 bits per heavy atom. The number of nitrogens with zero attached hydrogens (tertiary/aromatic N) is 14. The molecule has 7 aliphatic heterocycles. The maximum absolute atomic E-state index is 4.15. The highest BCUT2D eigenvalue weighted by atomic mass is 15.2. The Morgan fingerprint density at radius 3 is 1.32 bits per heavy atom. The minimum Gasteiger partial charge on any atom is -0.378 e. The van der Waals surface area contributed by atoms with E-state index in [1.807, 2.05) is 103 Å². The van der Waals surface area contributed by atoms with E-state index >= 15 is 0 Å². The van der Waals surface area contributed by atoms with Crippen molar-refractivity contribution >= 4 is 23.3 Å². The van der Waals surface area contributed by atoms with Crippen LogP contribution in [0.4, 0.5) is 0 Å². The number of aromatic nitrogens is 6. The quantitative estimate of drug-likeness (QED) is 0.222. The van der Waals surface area contributed by atoms with Gasteiger partial charge in [0.2, 0.25) is 0 Å². The molecule has 0 fully saturated rings. The number of hydrogen-bond donors (Lipinski definition) is 0. The minimum atomic E-state index is 0.375. The lowest BCUT2D eigenvalue weighted by atomic mass is 10.0. The average Bonchev–Trinajstić information content (AvgIpc) is 4.05. The van der Waals surface area contributed by atoms with Crippen LogP contribution in [0.1, 0.15) is 80.6 Å². The third kappa shape index (κ3) is 30.0. The highest BCUT2D eigenvalue weighted by Gasteiger charge is 2.22. The predicted molar refractivity (Wildman–Crippen MR) is 263 cm³/mol. The van der Waals surface area contributed by atoms with E-state index in [-0.39, 0.29) is 0 Å². The lowest BCUT2D eigenvalue weighted by Crippen LogP contribution is -2.32. The number of hydrogen-bond acceptors (Lipinski definition) is 11. The molecule has 14 heteroatoms. The van der Waals surface area contributed by atoms with Gasteiger partial charge in [-0.2, -0.15) is 25.5 Å². The first-order chi connectivity index (χ1) is 29.7. The van der Waals surface area contributed by atoms with Crippen LogP contribution in [-0.2, 0) is 21.1 Å². The molecule has 10 rings (SSSR count). The zero-order valence-electron chi connectivity index (χ0n) is 39.9. The lowest BCUT2D eigenvalue weighted by molar-refractivity contribution is 0.252. The molecule has 7 aliphatic rings. The maximum Gasteiger partial charge on any atom is 0.0802 e. The summed E-state index contributed by atoms with van der Waals surface area (Å²) in [6.45, 7) is 19.6. The molecule has 0 N–H and O–H groups in total. The Bertz CT molecular complexity index is 1750. The van der Waals surface area contributed by atoms with Crippen LogP contribution in [0.3, 0.4) is 0 Å². The normalized spacial score (nSPS) is 16.9. The fourth-order valence-corrected chi connectivity index (χ4v) is 5.02. The van der Waals surface area contributed by atoms with Crippen molar-refractivity contribution in [2.24, 2.45) is 51.3 Å². The number of allylic oxidation sites excluding steroid dienone is 5. The SMILES string of the molecule is C1=CN=NC1.CC1=CCC=N1.CC1=CCCN1C.CC1=NCC=C1.CC1=NCC=C1.CC1=NCCC1.CN1C=CCC1(C)C.Cn1cccn1.Cn1cccn1.Cn1cccn1. The molecule has 0 saturated heterocycles. The fourth-order valence-electron chi connectivity index (χ4n) is 5.02. The van der Waals surface area contributed by atoms with Gasteiger partial charge in [-0.25, -0.2) is 0 Å². The van der Waals surface area contributed by atoms with Crippen molar-refractivity contribution in [3.05, 3.63) is 128 Å². The summed E-state index contributed by atoms with van der Waals surface area (Å²) in [6.07, 6.45) is 39.3. The third-order valence-electron chi connectivity index (χ3n) is 9.26. The van der Waals surface area contributed by atoms with Crippen LogP contribution in [0.2, 0.25) is 0 Å². The molecule has 0 saturated carbocycles. The second-order valence-corrected chi connectivity index (χ2v) is 15.3. The first-order valence-corrected chi connectivity index (χ1v) is 21.3. The Morgan fingerprint density at radius 2 is 1.21 bits per heavy atom. The number of aliphatic imine (C=N–C) groups is 4. The van der Waals surface area contributed by atoms with E-state index in [1.54, 1.807) is 38.8 Å². The molecule has 0 atom stereocenters. The van der Waals surface area contributed by atoms with E-state index in [2.05, 4.69) is 134 Å². The van der Waals surface area contributed by atoms with Gasteiger partial charge < -0.3 is 9.80 Å². The molecule has 0 aliphatic carbocycles. The summed E-state index contributed by atoms with van der Waals surface area (Å²) in [4.78, 5) is 20.7. The summed E-state index contributed by atoms with van der Waals surface area (Å²) in [5.74, 6) is 0. The first-order valence-electron chi connectivity index (χ1n) is 21.3. The molecule has 3 aromatic rings. The Balaban J connectivity index is 0.000000345. The Labute approximate surface area is 373 Å². The molecule has 0 bridgehead atoms. The van der Waals surface area contributed by atoms with Crippen molar-refractivity contribution in [2.75, 3.05) is 46.8 Å². The summed E-state index contributed by atoms with van der Waals surface area (Å²) in [7, 11) is 9.91. The van der Waals surface area contributed by atoms with Gasteiger partial charge in [-0.3, -0.25) is 34.0 Å². The highest BCUT2D eigenvalue weighted by molar-refractivity contribution is 5.94. The van der Waals surface area contributed by atoms with Crippen LogP contribution >= 0.6 is 0 Å². The third-order valence-corrected chi connectivity index (χ3v) is 9.26. The molecule has 0 amide bonds. The summed E-state index contributed by atoms with van der Waals surface area (Å²) < 4.78 is 5.25. The zero-order chi connectivity index (χ0) is 45.9. The summed E-state index contributed by atoms with van der Waals surface area (Å²) >= 11 is 0. The number of rotatable bonds is 0. The topological polar surface area (TPSA) is 134 Å². The van der Waals surface area contributed by atoms with Crippen LogP contribution in [0, 0.1) is 0 Å². The fraction of sp³-hybridized carbons (Fsp3) is 0.479. The monoisotopic (exact) mass is 849 g/mol. The molecule has 62 heavy (non-hydrogen) atoms. The lowest BCUT2D eigenvalue weighted by Gasteiger charge is -2.28. The van der Waals surface area contributed by atoms with Crippen molar-refractivity contribution in [3.8, 4) is 0 Å². The van der Waals surface area contributed by atoms with Crippen molar-refractivity contribution in [1.82, 2.24) is 39.1 Å². The van der Waals surface area contributed by atoms with Crippen molar-refractivity contribution in [2.45, 2.75) is 86.1 Å². The van der Waals surface area contributed by atoms with Crippen LogP contribution < -0.4 is 0 Å². The first kappa shape index (κ1) is 54.0. The molecule has 10 heterocycles. The van der Waals surface area contributed by atoms with Gasteiger partial charge in [0.15, 0.2) is 0 Å². The van der Waals surface area contributed by atoms with Gasteiger partial charge in [0.25, 0.3) is 0 Å². The summed E-state index contributed by atoms with van der Waals surface area (Å²) in [5.41, 5.74) is 6.56. The van der Waals surface area contributed by atoms with Gasteiger partial charge in [0.05, 0.1) is 19.6 Å². The zero-order valence-corrected chi connectivity index (χ0v) is 39.9. The van der Waals surface area contributed by atoms with Crippen LogP contribution in [0.15, 0.2) is 158 Å². The van der Waals surface area contributed by atoms with Crippen molar-refractivity contribution < 1.29 is 0 Å².